The maximum absolute atomic E-state index is 11.2. The van der Waals surface area contributed by atoms with E-state index in [1.54, 1.807) is 6.92 Å². The molecular weight excluding hydrogens is 196 g/mol. The number of carbonyl (C=O) groups is 1. The molecule has 0 spiro atoms. The van der Waals surface area contributed by atoms with Crippen LogP contribution in [0.4, 0.5) is 0 Å². The minimum Gasteiger partial charge on any atom is -0.376 e. The van der Waals surface area contributed by atoms with Crippen LogP contribution in [0.15, 0.2) is 12.2 Å². The van der Waals surface area contributed by atoms with Crippen molar-refractivity contribution in [2.75, 3.05) is 12.4 Å². The molecule has 0 fully saturated rings. The highest BCUT2D eigenvalue weighted by molar-refractivity contribution is 8.14. The third kappa shape index (κ3) is 6.22. The van der Waals surface area contributed by atoms with Crippen LogP contribution in [0.5, 0.6) is 0 Å². The SMILES string of the molecule is C=C(C)C(=O)SCCC(C)(C)OCC. The lowest BCUT2D eigenvalue weighted by atomic mass is 10.1. The summed E-state index contributed by atoms with van der Waals surface area (Å²) in [4.78, 5) is 11.2. The monoisotopic (exact) mass is 216 g/mol. The van der Waals surface area contributed by atoms with E-state index in [1.165, 1.54) is 11.8 Å². The van der Waals surface area contributed by atoms with Gasteiger partial charge < -0.3 is 4.74 Å². The molecular formula is C11H20O2S. The van der Waals surface area contributed by atoms with Gasteiger partial charge in [-0.3, -0.25) is 4.79 Å². The molecule has 0 aromatic heterocycles. The average Bonchev–Trinajstić information content (AvgIpc) is 2.03. The van der Waals surface area contributed by atoms with E-state index in [2.05, 4.69) is 6.58 Å². The summed E-state index contributed by atoms with van der Waals surface area (Å²) in [6, 6.07) is 0. The molecule has 0 rings (SSSR count). The molecule has 0 aliphatic rings. The van der Waals surface area contributed by atoms with Crippen LogP contribution < -0.4 is 0 Å². The van der Waals surface area contributed by atoms with Crippen LogP contribution in [0, 0.1) is 0 Å². The molecule has 0 unspecified atom stereocenters. The molecule has 0 N–H and O–H groups in total. The Morgan fingerprint density at radius 2 is 2.07 bits per heavy atom. The number of ether oxygens (including phenoxy) is 1. The van der Waals surface area contributed by atoms with E-state index in [0.29, 0.717) is 12.2 Å². The number of hydrogen-bond donors (Lipinski definition) is 0. The summed E-state index contributed by atoms with van der Waals surface area (Å²) in [6.45, 7) is 12.1. The second kappa shape index (κ2) is 6.25. The zero-order chi connectivity index (χ0) is 11.2. The van der Waals surface area contributed by atoms with E-state index < -0.39 is 0 Å². The summed E-state index contributed by atoms with van der Waals surface area (Å²) < 4.78 is 5.52. The Hall–Kier alpha value is -0.280. The highest BCUT2D eigenvalue weighted by Crippen LogP contribution is 2.19. The van der Waals surface area contributed by atoms with Crippen LogP contribution in [0.25, 0.3) is 0 Å². The quantitative estimate of drug-likeness (QED) is 0.638. The van der Waals surface area contributed by atoms with Crippen molar-refractivity contribution >= 4 is 16.9 Å². The summed E-state index contributed by atoms with van der Waals surface area (Å²) in [6.07, 6.45) is 0.879. The Balaban J connectivity index is 3.73. The fraction of sp³-hybridized carbons (Fsp3) is 0.727. The summed E-state index contributed by atoms with van der Waals surface area (Å²) >= 11 is 1.32. The molecule has 0 aromatic rings. The molecule has 82 valence electrons. The first-order chi connectivity index (χ1) is 6.39. The van der Waals surface area contributed by atoms with E-state index in [4.69, 9.17) is 4.74 Å². The van der Waals surface area contributed by atoms with Gasteiger partial charge >= 0.3 is 0 Å². The molecule has 14 heavy (non-hydrogen) atoms. The Morgan fingerprint density at radius 3 is 2.50 bits per heavy atom. The smallest absolute Gasteiger partial charge is 0.214 e. The van der Waals surface area contributed by atoms with Gasteiger partial charge in [0.25, 0.3) is 0 Å². The standard InChI is InChI=1S/C11H20O2S/c1-6-13-11(4,5)7-8-14-10(12)9(2)3/h2,6-8H2,1,3-5H3. The molecule has 3 heteroatoms. The average molecular weight is 216 g/mol. The maximum atomic E-state index is 11.2. The van der Waals surface area contributed by atoms with E-state index >= 15 is 0 Å². The normalized spacial score (nSPS) is 11.4. The predicted octanol–water partition coefficient (Wildman–Crippen LogP) is 3.03. The van der Waals surface area contributed by atoms with E-state index in [-0.39, 0.29) is 10.7 Å². The summed E-state index contributed by atoms with van der Waals surface area (Å²) in [7, 11) is 0. The number of carbonyl (C=O) groups excluding carboxylic acids is 1. The lowest BCUT2D eigenvalue weighted by Gasteiger charge is -2.24. The van der Waals surface area contributed by atoms with Gasteiger partial charge in [-0.2, -0.15) is 0 Å². The third-order valence-electron chi connectivity index (χ3n) is 1.82. The van der Waals surface area contributed by atoms with Crippen LogP contribution in [0.2, 0.25) is 0 Å². The highest BCUT2D eigenvalue weighted by Gasteiger charge is 2.17. The molecule has 0 aliphatic carbocycles. The Morgan fingerprint density at radius 1 is 1.50 bits per heavy atom. The van der Waals surface area contributed by atoms with Crippen LogP contribution in [-0.4, -0.2) is 23.1 Å². The molecule has 0 saturated carbocycles. The Kier molecular flexibility index (Phi) is 6.12. The Labute approximate surface area is 91.1 Å². The molecule has 0 aliphatic heterocycles. The van der Waals surface area contributed by atoms with Gasteiger partial charge in [-0.15, -0.1) is 0 Å². The fourth-order valence-corrected chi connectivity index (χ4v) is 2.00. The molecule has 0 saturated heterocycles. The van der Waals surface area contributed by atoms with Gasteiger partial charge in [0.2, 0.25) is 5.12 Å². The summed E-state index contributed by atoms with van der Waals surface area (Å²) in [5.74, 6) is 0.790. The number of hydrogen-bond acceptors (Lipinski definition) is 3. The van der Waals surface area contributed by atoms with Crippen molar-refractivity contribution in [3.05, 3.63) is 12.2 Å². The first-order valence-electron chi connectivity index (χ1n) is 4.85. The van der Waals surface area contributed by atoms with Gasteiger partial charge in [0.15, 0.2) is 0 Å². The molecule has 0 aromatic carbocycles. The molecule has 2 nitrogen and oxygen atoms in total. The first kappa shape index (κ1) is 13.7. The van der Waals surface area contributed by atoms with E-state index in [9.17, 15) is 4.79 Å². The minimum atomic E-state index is -0.128. The predicted molar refractivity (Wildman–Crippen MR) is 62.6 cm³/mol. The topological polar surface area (TPSA) is 26.3 Å². The Bertz CT molecular complexity index is 209. The van der Waals surface area contributed by atoms with E-state index in [0.717, 1.165) is 12.2 Å². The molecule has 0 heterocycles. The minimum absolute atomic E-state index is 0.0808. The van der Waals surface area contributed by atoms with Gasteiger partial charge in [-0.1, -0.05) is 18.3 Å². The second-order valence-electron chi connectivity index (χ2n) is 3.86. The van der Waals surface area contributed by atoms with Gasteiger partial charge in [0.05, 0.1) is 5.60 Å². The first-order valence-corrected chi connectivity index (χ1v) is 5.84. The van der Waals surface area contributed by atoms with Gasteiger partial charge in [-0.05, 0) is 39.7 Å². The van der Waals surface area contributed by atoms with Gasteiger partial charge in [0.1, 0.15) is 0 Å². The van der Waals surface area contributed by atoms with Crippen LogP contribution in [0.3, 0.4) is 0 Å². The largest absolute Gasteiger partial charge is 0.376 e. The number of rotatable bonds is 6. The van der Waals surface area contributed by atoms with Crippen molar-refractivity contribution in [1.29, 1.82) is 0 Å². The van der Waals surface area contributed by atoms with Crippen molar-refractivity contribution in [3.63, 3.8) is 0 Å². The van der Waals surface area contributed by atoms with Crippen molar-refractivity contribution in [2.45, 2.75) is 39.7 Å². The lowest BCUT2D eigenvalue weighted by Crippen LogP contribution is -2.25. The van der Waals surface area contributed by atoms with Gasteiger partial charge in [0, 0.05) is 12.4 Å². The van der Waals surface area contributed by atoms with E-state index in [1.807, 2.05) is 20.8 Å². The third-order valence-corrected chi connectivity index (χ3v) is 2.84. The highest BCUT2D eigenvalue weighted by atomic mass is 32.2. The van der Waals surface area contributed by atoms with Crippen LogP contribution in [0.1, 0.15) is 34.1 Å². The maximum Gasteiger partial charge on any atom is 0.214 e. The lowest BCUT2D eigenvalue weighted by molar-refractivity contribution is -0.107. The number of thioether (sulfide) groups is 1. The zero-order valence-electron chi connectivity index (χ0n) is 9.55. The van der Waals surface area contributed by atoms with Gasteiger partial charge in [-0.25, -0.2) is 0 Å². The summed E-state index contributed by atoms with van der Waals surface area (Å²) in [5, 5.41) is 0.0808. The fourth-order valence-electron chi connectivity index (χ4n) is 0.976. The van der Waals surface area contributed by atoms with Crippen molar-refractivity contribution in [1.82, 2.24) is 0 Å². The molecule has 0 amide bonds. The van der Waals surface area contributed by atoms with Crippen LogP contribution in [-0.2, 0) is 9.53 Å². The molecule has 0 bridgehead atoms. The van der Waals surface area contributed by atoms with Crippen LogP contribution >= 0.6 is 11.8 Å². The van der Waals surface area contributed by atoms with Crippen molar-refractivity contribution in [3.8, 4) is 0 Å². The molecule has 0 atom stereocenters. The zero-order valence-corrected chi connectivity index (χ0v) is 10.4. The van der Waals surface area contributed by atoms with Crippen molar-refractivity contribution < 1.29 is 9.53 Å². The summed E-state index contributed by atoms with van der Waals surface area (Å²) in [5.41, 5.74) is 0.487. The second-order valence-corrected chi connectivity index (χ2v) is 4.93. The van der Waals surface area contributed by atoms with Crippen molar-refractivity contribution in [2.24, 2.45) is 0 Å². The molecule has 0 radical (unpaired) electrons.